The lowest BCUT2D eigenvalue weighted by Gasteiger charge is -2.06. The summed E-state index contributed by atoms with van der Waals surface area (Å²) in [7, 11) is 1.67. The van der Waals surface area contributed by atoms with Crippen LogP contribution in [0.5, 0.6) is 5.75 Å². The van der Waals surface area contributed by atoms with Crippen molar-refractivity contribution < 1.29 is 9.15 Å². The van der Waals surface area contributed by atoms with Crippen LogP contribution in [0.3, 0.4) is 0 Å². The summed E-state index contributed by atoms with van der Waals surface area (Å²) in [6.45, 7) is 2.08. The van der Waals surface area contributed by atoms with Gasteiger partial charge in [0.25, 0.3) is 0 Å². The van der Waals surface area contributed by atoms with Gasteiger partial charge in [-0.05, 0) is 60.5 Å². The van der Waals surface area contributed by atoms with Crippen LogP contribution in [0.15, 0.2) is 71.5 Å². The quantitative estimate of drug-likeness (QED) is 0.537. The van der Waals surface area contributed by atoms with Crippen molar-refractivity contribution >= 4 is 0 Å². The fourth-order valence-corrected chi connectivity index (χ4v) is 2.85. The molecule has 5 nitrogen and oxygen atoms in total. The fourth-order valence-electron chi connectivity index (χ4n) is 2.85. The molecule has 2 aromatic carbocycles. The van der Waals surface area contributed by atoms with E-state index in [9.17, 15) is 0 Å². The van der Waals surface area contributed by atoms with E-state index in [2.05, 4.69) is 17.0 Å². The number of aryl methyl sites for hydroxylation is 1. The summed E-state index contributed by atoms with van der Waals surface area (Å²) in [6, 6.07) is 16.0. The average molecular weight is 345 g/mol. The maximum Gasteiger partial charge on any atom is 0.199 e. The molecule has 2 aromatic heterocycles. The molecular weight excluding hydrogens is 326 g/mol. The molecule has 0 N–H and O–H groups in total. The summed E-state index contributed by atoms with van der Waals surface area (Å²) < 4.78 is 13.1. The van der Waals surface area contributed by atoms with Gasteiger partial charge in [-0.1, -0.05) is 6.07 Å². The molecule has 0 radical (unpaired) electrons. The van der Waals surface area contributed by atoms with E-state index in [-0.39, 0.29) is 0 Å². The number of rotatable bonds is 5. The van der Waals surface area contributed by atoms with Crippen LogP contribution >= 0.6 is 0 Å². The molecule has 4 rings (SSSR count). The number of hydrogen-bond donors (Lipinski definition) is 0. The van der Waals surface area contributed by atoms with Crippen LogP contribution in [-0.4, -0.2) is 21.9 Å². The summed E-state index contributed by atoms with van der Waals surface area (Å²) in [5, 5.41) is 4.23. The van der Waals surface area contributed by atoms with Crippen LogP contribution in [0.25, 0.3) is 17.0 Å². The minimum atomic E-state index is 0.633. The van der Waals surface area contributed by atoms with Crippen molar-refractivity contribution in [2.45, 2.75) is 13.3 Å². The Labute approximate surface area is 151 Å². The van der Waals surface area contributed by atoms with E-state index in [1.165, 1.54) is 5.56 Å². The van der Waals surface area contributed by atoms with Crippen LogP contribution in [0.2, 0.25) is 0 Å². The Morgan fingerprint density at radius 2 is 1.96 bits per heavy atom. The summed E-state index contributed by atoms with van der Waals surface area (Å²) in [5.41, 5.74) is 4.33. The van der Waals surface area contributed by atoms with Gasteiger partial charge in [-0.3, -0.25) is 0 Å². The largest absolute Gasteiger partial charge is 0.497 e. The summed E-state index contributed by atoms with van der Waals surface area (Å²) >= 11 is 0. The highest BCUT2D eigenvalue weighted by atomic mass is 16.5. The molecule has 0 aliphatic heterocycles. The van der Waals surface area contributed by atoms with Gasteiger partial charge in [-0.25, -0.2) is 9.67 Å². The van der Waals surface area contributed by atoms with Crippen LogP contribution in [0, 0.1) is 6.92 Å². The normalized spacial score (nSPS) is 10.8. The molecule has 0 atom stereocenters. The number of nitrogens with zero attached hydrogens (tertiary/aromatic N) is 3. The van der Waals surface area contributed by atoms with Gasteiger partial charge in [0.1, 0.15) is 5.75 Å². The topological polar surface area (TPSA) is 53.1 Å². The molecule has 0 aliphatic carbocycles. The molecular formula is C21H19N3O2. The maximum absolute atomic E-state index is 5.96. The van der Waals surface area contributed by atoms with Gasteiger partial charge in [0.05, 0.1) is 19.0 Å². The second-order valence-corrected chi connectivity index (χ2v) is 6.08. The molecule has 0 unspecified atom stereocenters. The molecule has 0 saturated heterocycles. The van der Waals surface area contributed by atoms with Gasteiger partial charge in [-0.15, -0.1) is 0 Å². The molecule has 5 heteroatoms. The third-order valence-corrected chi connectivity index (χ3v) is 4.37. The molecule has 0 bridgehead atoms. The molecule has 130 valence electrons. The van der Waals surface area contributed by atoms with Gasteiger partial charge in [0.15, 0.2) is 11.7 Å². The highest BCUT2D eigenvalue weighted by Gasteiger charge is 2.10. The van der Waals surface area contributed by atoms with E-state index in [0.717, 1.165) is 28.3 Å². The van der Waals surface area contributed by atoms with Gasteiger partial charge in [-0.2, -0.15) is 5.10 Å². The maximum atomic E-state index is 5.96. The van der Waals surface area contributed by atoms with Crippen molar-refractivity contribution in [3.05, 3.63) is 84.1 Å². The first-order chi connectivity index (χ1) is 12.7. The van der Waals surface area contributed by atoms with Gasteiger partial charge < -0.3 is 9.15 Å². The highest BCUT2D eigenvalue weighted by molar-refractivity contribution is 5.58. The Kier molecular flexibility index (Phi) is 4.27. The lowest BCUT2D eigenvalue weighted by Crippen LogP contribution is -1.93. The third-order valence-electron chi connectivity index (χ3n) is 4.37. The number of hydrogen-bond acceptors (Lipinski definition) is 4. The van der Waals surface area contributed by atoms with E-state index in [4.69, 9.17) is 9.15 Å². The van der Waals surface area contributed by atoms with Crippen molar-refractivity contribution in [2.75, 3.05) is 7.11 Å². The number of methoxy groups -OCH3 is 1. The standard InChI is InChI=1S/C21H19N3O2/c1-15-4-9-19(25-2)12-17(15)13-21-22-14-20(26-21)16-5-7-18(8-6-16)24-11-3-10-23-24/h3-12,14H,13H2,1-2H3. The molecule has 26 heavy (non-hydrogen) atoms. The zero-order chi connectivity index (χ0) is 17.9. The van der Waals surface area contributed by atoms with E-state index < -0.39 is 0 Å². The molecule has 0 spiro atoms. The second kappa shape index (κ2) is 6.88. The number of oxazole rings is 1. The Bertz CT molecular complexity index is 1000. The van der Waals surface area contributed by atoms with Gasteiger partial charge in [0, 0.05) is 24.4 Å². The average Bonchev–Trinajstić information content (AvgIpc) is 3.36. The van der Waals surface area contributed by atoms with E-state index >= 15 is 0 Å². The Balaban J connectivity index is 1.55. The molecule has 0 amide bonds. The molecule has 4 aromatic rings. The van der Waals surface area contributed by atoms with E-state index in [1.807, 2.05) is 59.4 Å². The van der Waals surface area contributed by atoms with Crippen molar-refractivity contribution in [3.8, 4) is 22.8 Å². The smallest absolute Gasteiger partial charge is 0.199 e. The number of benzene rings is 2. The van der Waals surface area contributed by atoms with Gasteiger partial charge in [0.2, 0.25) is 0 Å². The van der Waals surface area contributed by atoms with Crippen molar-refractivity contribution in [1.82, 2.24) is 14.8 Å². The predicted octanol–water partition coefficient (Wildman–Crippen LogP) is 4.44. The number of aromatic nitrogens is 3. The minimum Gasteiger partial charge on any atom is -0.497 e. The first-order valence-corrected chi connectivity index (χ1v) is 8.41. The van der Waals surface area contributed by atoms with E-state index in [1.54, 1.807) is 19.5 Å². The van der Waals surface area contributed by atoms with Crippen molar-refractivity contribution in [2.24, 2.45) is 0 Å². The van der Waals surface area contributed by atoms with E-state index in [0.29, 0.717) is 12.3 Å². The summed E-state index contributed by atoms with van der Waals surface area (Å²) in [6.07, 6.45) is 6.08. The lowest BCUT2D eigenvalue weighted by atomic mass is 10.1. The Hall–Kier alpha value is -3.34. The summed E-state index contributed by atoms with van der Waals surface area (Å²) in [4.78, 5) is 4.43. The molecule has 0 fully saturated rings. The van der Waals surface area contributed by atoms with Crippen molar-refractivity contribution in [3.63, 3.8) is 0 Å². The molecule has 0 aliphatic rings. The zero-order valence-electron chi connectivity index (χ0n) is 14.7. The Morgan fingerprint density at radius 1 is 1.12 bits per heavy atom. The zero-order valence-corrected chi connectivity index (χ0v) is 14.7. The van der Waals surface area contributed by atoms with Crippen LogP contribution < -0.4 is 4.74 Å². The first kappa shape index (κ1) is 16.1. The van der Waals surface area contributed by atoms with Crippen LogP contribution in [0.4, 0.5) is 0 Å². The minimum absolute atomic E-state index is 0.633. The molecule has 0 saturated carbocycles. The first-order valence-electron chi connectivity index (χ1n) is 8.41. The van der Waals surface area contributed by atoms with Crippen LogP contribution in [-0.2, 0) is 6.42 Å². The van der Waals surface area contributed by atoms with Crippen LogP contribution in [0.1, 0.15) is 17.0 Å². The Morgan fingerprint density at radius 3 is 2.69 bits per heavy atom. The second-order valence-electron chi connectivity index (χ2n) is 6.08. The SMILES string of the molecule is COc1ccc(C)c(Cc2ncc(-c3ccc(-n4cccn4)cc3)o2)c1. The number of ether oxygens (including phenoxy) is 1. The third kappa shape index (κ3) is 3.24. The lowest BCUT2D eigenvalue weighted by molar-refractivity contribution is 0.414. The van der Waals surface area contributed by atoms with Crippen molar-refractivity contribution in [1.29, 1.82) is 0 Å². The highest BCUT2D eigenvalue weighted by Crippen LogP contribution is 2.25. The monoisotopic (exact) mass is 345 g/mol. The fraction of sp³-hybridized carbons (Fsp3) is 0.143. The molecule has 2 heterocycles. The summed E-state index contributed by atoms with van der Waals surface area (Å²) in [5.74, 6) is 2.28. The predicted molar refractivity (Wildman–Crippen MR) is 99.6 cm³/mol. The van der Waals surface area contributed by atoms with Gasteiger partial charge >= 0.3 is 0 Å².